The van der Waals surface area contributed by atoms with Crippen LogP contribution in [0.2, 0.25) is 0 Å². The number of hydrogen-bond donors (Lipinski definition) is 1. The molecule has 2 aliphatic rings. The second-order valence-electron chi connectivity index (χ2n) is 10.6. The summed E-state index contributed by atoms with van der Waals surface area (Å²) in [7, 11) is 2.12. The van der Waals surface area contributed by atoms with Gasteiger partial charge in [-0.1, -0.05) is 26.0 Å². The second kappa shape index (κ2) is 11.4. The number of carbonyl (C=O) groups excluding carboxylic acids is 1. The quantitative estimate of drug-likeness (QED) is 0.271. The van der Waals surface area contributed by atoms with Gasteiger partial charge in [-0.2, -0.15) is 0 Å². The van der Waals surface area contributed by atoms with Crippen LogP contribution in [0.5, 0.6) is 0 Å². The predicted molar refractivity (Wildman–Crippen MR) is 149 cm³/mol. The van der Waals surface area contributed by atoms with Crippen LogP contribution in [0.25, 0.3) is 0 Å². The maximum absolute atomic E-state index is 14.1. The molecule has 7 nitrogen and oxygen atoms in total. The van der Waals surface area contributed by atoms with E-state index in [1.54, 1.807) is 12.5 Å². The Kier molecular flexibility index (Phi) is 8.75. The van der Waals surface area contributed by atoms with Crippen molar-refractivity contribution in [2.45, 2.75) is 98.7 Å². The maximum Gasteiger partial charge on any atom is 0.254 e. The molecule has 0 unspecified atom stereocenters. The molecule has 1 saturated carbocycles. The van der Waals surface area contributed by atoms with Crippen molar-refractivity contribution >= 4 is 17.9 Å². The molecular formula is C29H44N6O. The van der Waals surface area contributed by atoms with Crippen molar-refractivity contribution in [1.82, 2.24) is 20.2 Å². The summed E-state index contributed by atoms with van der Waals surface area (Å²) < 4.78 is 0. The summed E-state index contributed by atoms with van der Waals surface area (Å²) in [6, 6.07) is 0.433. The van der Waals surface area contributed by atoms with Gasteiger partial charge in [0.1, 0.15) is 18.0 Å². The van der Waals surface area contributed by atoms with Crippen molar-refractivity contribution in [3.8, 4) is 0 Å². The monoisotopic (exact) mass is 492 g/mol. The summed E-state index contributed by atoms with van der Waals surface area (Å²) in [5, 5.41) is 3.59. The first-order chi connectivity index (χ1) is 17.1. The number of fused-ring (bicyclic) bond motifs is 1. The van der Waals surface area contributed by atoms with Crippen LogP contribution in [0.15, 0.2) is 46.0 Å². The van der Waals surface area contributed by atoms with Crippen molar-refractivity contribution in [3.05, 3.63) is 52.3 Å². The lowest BCUT2D eigenvalue weighted by Crippen LogP contribution is -2.40. The molecule has 196 valence electrons. The average molecular weight is 493 g/mol. The van der Waals surface area contributed by atoms with Crippen LogP contribution in [0.1, 0.15) is 85.4 Å². The van der Waals surface area contributed by atoms with Crippen LogP contribution >= 0.6 is 0 Å². The van der Waals surface area contributed by atoms with E-state index in [4.69, 9.17) is 0 Å². The third-order valence-electron chi connectivity index (χ3n) is 7.40. The largest absolute Gasteiger partial charge is 0.364 e. The highest BCUT2D eigenvalue weighted by Gasteiger charge is 2.39. The Hall–Kier alpha value is -2.96. The molecule has 1 aromatic rings. The highest BCUT2D eigenvalue weighted by atomic mass is 16.2. The van der Waals surface area contributed by atoms with Gasteiger partial charge in [0.15, 0.2) is 0 Å². The van der Waals surface area contributed by atoms with Gasteiger partial charge in [0.05, 0.1) is 12.2 Å². The highest BCUT2D eigenvalue weighted by Crippen LogP contribution is 2.38. The number of rotatable bonds is 10. The summed E-state index contributed by atoms with van der Waals surface area (Å²) in [5.41, 5.74) is 5.36. The van der Waals surface area contributed by atoms with Crippen LogP contribution in [-0.2, 0) is 17.8 Å². The van der Waals surface area contributed by atoms with Gasteiger partial charge in [0.2, 0.25) is 0 Å². The summed E-state index contributed by atoms with van der Waals surface area (Å²) >= 11 is 0. The lowest BCUT2D eigenvalue weighted by molar-refractivity contribution is -0.127. The first kappa shape index (κ1) is 27.6. The summed E-state index contributed by atoms with van der Waals surface area (Å²) in [6.07, 6.45) is 8.45. The normalized spacial score (nSPS) is 17.0. The molecule has 0 atom stereocenters. The number of aliphatic imine (C=N–C) groups is 1. The Morgan fingerprint density at radius 3 is 2.44 bits per heavy atom. The Morgan fingerprint density at radius 1 is 1.25 bits per heavy atom. The van der Waals surface area contributed by atoms with E-state index in [9.17, 15) is 4.79 Å². The number of allylic oxidation sites excluding steroid dienone is 2. The maximum atomic E-state index is 14.1. The topological polar surface area (TPSA) is 73.7 Å². The van der Waals surface area contributed by atoms with Crippen molar-refractivity contribution in [1.29, 1.82) is 0 Å². The molecule has 2 heterocycles. The van der Waals surface area contributed by atoms with E-state index < -0.39 is 0 Å². The molecule has 3 rings (SSSR count). The summed E-state index contributed by atoms with van der Waals surface area (Å²) in [4.78, 5) is 32.1. The lowest BCUT2D eigenvalue weighted by Gasteiger charge is -2.34. The number of carbonyl (C=O) groups is 1. The van der Waals surface area contributed by atoms with Gasteiger partial charge < -0.3 is 15.1 Å². The highest BCUT2D eigenvalue weighted by molar-refractivity contribution is 6.00. The molecule has 0 spiro atoms. The fourth-order valence-corrected chi connectivity index (χ4v) is 4.97. The Balaban J connectivity index is 1.97. The minimum Gasteiger partial charge on any atom is -0.364 e. The number of anilines is 1. The first-order valence-electron chi connectivity index (χ1n) is 13.3. The van der Waals surface area contributed by atoms with Crippen LogP contribution in [0.4, 0.5) is 5.82 Å². The van der Waals surface area contributed by atoms with E-state index in [0.29, 0.717) is 24.7 Å². The Morgan fingerprint density at radius 2 is 1.92 bits per heavy atom. The smallest absolute Gasteiger partial charge is 0.254 e. The first-order valence-corrected chi connectivity index (χ1v) is 13.3. The van der Waals surface area contributed by atoms with Crippen molar-refractivity contribution in [3.63, 3.8) is 0 Å². The number of aromatic nitrogens is 2. The van der Waals surface area contributed by atoms with E-state index in [-0.39, 0.29) is 11.4 Å². The van der Waals surface area contributed by atoms with Crippen LogP contribution < -0.4 is 10.2 Å². The zero-order valence-electron chi connectivity index (χ0n) is 23.5. The Labute approximate surface area is 217 Å². The minimum atomic E-state index is -0.00119. The molecule has 1 fully saturated rings. The van der Waals surface area contributed by atoms with Gasteiger partial charge in [-0.3, -0.25) is 4.79 Å². The van der Waals surface area contributed by atoms with Gasteiger partial charge in [0, 0.05) is 48.1 Å². The van der Waals surface area contributed by atoms with Crippen LogP contribution in [0.3, 0.4) is 0 Å². The van der Waals surface area contributed by atoms with Crippen molar-refractivity contribution < 1.29 is 4.79 Å². The van der Waals surface area contributed by atoms with E-state index in [1.807, 2.05) is 32.6 Å². The molecule has 0 radical (unpaired) electrons. The van der Waals surface area contributed by atoms with Gasteiger partial charge >= 0.3 is 0 Å². The number of amides is 1. The minimum absolute atomic E-state index is 0.00119. The van der Waals surface area contributed by atoms with Crippen LogP contribution in [-0.4, -0.2) is 52.2 Å². The molecule has 1 N–H and O–H groups in total. The van der Waals surface area contributed by atoms with E-state index >= 15 is 0 Å². The Bertz CT molecular complexity index is 1090. The third kappa shape index (κ3) is 5.88. The summed E-state index contributed by atoms with van der Waals surface area (Å²) in [5.74, 6) is 1.72. The fraction of sp³-hybridized carbons (Fsp3) is 0.586. The molecule has 1 aromatic heterocycles. The molecule has 1 aliphatic carbocycles. The zero-order valence-corrected chi connectivity index (χ0v) is 23.5. The number of nitrogens with one attached hydrogen (secondary N) is 1. The third-order valence-corrected chi connectivity index (χ3v) is 7.40. The molecule has 0 bridgehead atoms. The van der Waals surface area contributed by atoms with Crippen molar-refractivity contribution in [2.24, 2.45) is 4.99 Å². The molecule has 0 aromatic carbocycles. The molecular weight excluding hydrogens is 448 g/mol. The number of nitrogens with zero attached hydrogens (tertiary/aromatic N) is 5. The number of hydrogen-bond acceptors (Lipinski definition) is 6. The molecule has 7 heteroatoms. The average Bonchev–Trinajstić information content (AvgIpc) is 3.57. The fourth-order valence-electron chi connectivity index (χ4n) is 4.97. The van der Waals surface area contributed by atoms with Gasteiger partial charge in [-0.15, -0.1) is 0 Å². The second-order valence-corrected chi connectivity index (χ2v) is 10.6. The molecule has 0 saturated heterocycles. The van der Waals surface area contributed by atoms with Crippen molar-refractivity contribution in [2.75, 3.05) is 18.5 Å². The SMILES string of the molecule is C=C(C)/C(C(C(=O)N1CCc2c(ncnc2N(C)C(CC)CC)C1)=C(C)C)=C(\N=CC)NC1(C)CC1. The zero-order chi connectivity index (χ0) is 26.6. The van der Waals surface area contributed by atoms with Gasteiger partial charge in [0.25, 0.3) is 5.91 Å². The van der Waals surface area contributed by atoms with E-state index in [0.717, 1.165) is 71.7 Å². The molecule has 1 aliphatic heterocycles. The predicted octanol–water partition coefficient (Wildman–Crippen LogP) is 5.34. The van der Waals surface area contributed by atoms with Crippen LogP contribution in [0, 0.1) is 0 Å². The standard InChI is InChI=1S/C29H44N6O/c1-10-21(11-2)34(9)27-22-13-16-35(17-23(22)31-18-32-27)28(36)25(20(6)7)24(19(4)5)26(30-12-3)33-29(8)14-15-29/h12,18,21,33H,4,10-11,13-17H2,1-3,5-9H3/b26-24-,30-12?. The van der Waals surface area contributed by atoms with E-state index in [1.165, 1.54) is 0 Å². The lowest BCUT2D eigenvalue weighted by atomic mass is 9.93. The summed E-state index contributed by atoms with van der Waals surface area (Å²) in [6.45, 7) is 19.8. The van der Waals surface area contributed by atoms with Gasteiger partial charge in [-0.05, 0) is 72.3 Å². The van der Waals surface area contributed by atoms with Gasteiger partial charge in [-0.25, -0.2) is 15.0 Å². The molecule has 1 amide bonds. The molecule has 36 heavy (non-hydrogen) atoms. The van der Waals surface area contributed by atoms with E-state index in [2.05, 4.69) is 59.6 Å².